The summed E-state index contributed by atoms with van der Waals surface area (Å²) in [6.07, 6.45) is -4.40. The molecule has 0 aliphatic heterocycles. The molecule has 0 spiro atoms. The monoisotopic (exact) mass is 439 g/mol. The maximum absolute atomic E-state index is 13.6. The van der Waals surface area contributed by atoms with Crippen LogP contribution in [0.3, 0.4) is 0 Å². The second-order valence-electron chi connectivity index (χ2n) is 7.52. The molecule has 0 atom stereocenters. The molecule has 4 aromatic rings. The number of alkyl halides is 3. The van der Waals surface area contributed by atoms with Crippen molar-refractivity contribution in [3.63, 3.8) is 0 Å². The minimum atomic E-state index is -4.40. The van der Waals surface area contributed by atoms with Gasteiger partial charge in [-0.25, -0.2) is 4.39 Å². The quantitative estimate of drug-likeness (QED) is 0.328. The van der Waals surface area contributed by atoms with Gasteiger partial charge in [-0.05, 0) is 69.4 Å². The van der Waals surface area contributed by atoms with E-state index >= 15 is 0 Å². The SMILES string of the molecule is COc1cc(CNCc2cc(-c3cccc(C(F)(F)F)c3)c3ccccc3c2)ccc1F. The Morgan fingerprint density at radius 2 is 1.59 bits per heavy atom. The zero-order valence-electron chi connectivity index (χ0n) is 17.3. The molecule has 1 N–H and O–H groups in total. The number of ether oxygens (including phenoxy) is 1. The van der Waals surface area contributed by atoms with Gasteiger partial charge in [0.2, 0.25) is 0 Å². The minimum Gasteiger partial charge on any atom is -0.494 e. The first-order chi connectivity index (χ1) is 15.3. The minimum absolute atomic E-state index is 0.182. The smallest absolute Gasteiger partial charge is 0.416 e. The number of nitrogens with one attached hydrogen (secondary N) is 1. The molecule has 0 bridgehead atoms. The predicted octanol–water partition coefficient (Wildman–Crippen LogP) is 6.96. The number of fused-ring (bicyclic) bond motifs is 1. The molecule has 0 aliphatic rings. The van der Waals surface area contributed by atoms with Crippen molar-refractivity contribution in [3.8, 4) is 16.9 Å². The highest BCUT2D eigenvalue weighted by Gasteiger charge is 2.30. The van der Waals surface area contributed by atoms with Crippen LogP contribution in [-0.2, 0) is 19.3 Å². The van der Waals surface area contributed by atoms with E-state index < -0.39 is 17.6 Å². The summed E-state index contributed by atoms with van der Waals surface area (Å²) in [6, 6.07) is 21.6. The van der Waals surface area contributed by atoms with Crippen LogP contribution in [0.15, 0.2) is 78.9 Å². The lowest BCUT2D eigenvalue weighted by molar-refractivity contribution is -0.137. The van der Waals surface area contributed by atoms with Crippen LogP contribution >= 0.6 is 0 Å². The van der Waals surface area contributed by atoms with Gasteiger partial charge in [0.15, 0.2) is 11.6 Å². The highest BCUT2D eigenvalue weighted by molar-refractivity contribution is 5.97. The number of hydrogen-bond acceptors (Lipinski definition) is 2. The Hall–Kier alpha value is -3.38. The van der Waals surface area contributed by atoms with Gasteiger partial charge in [-0.15, -0.1) is 0 Å². The molecule has 0 amide bonds. The molecule has 164 valence electrons. The van der Waals surface area contributed by atoms with E-state index in [-0.39, 0.29) is 5.75 Å². The topological polar surface area (TPSA) is 21.3 Å². The van der Waals surface area contributed by atoms with Crippen molar-refractivity contribution >= 4 is 10.8 Å². The fourth-order valence-electron chi connectivity index (χ4n) is 3.74. The van der Waals surface area contributed by atoms with Crippen molar-refractivity contribution in [1.29, 1.82) is 0 Å². The van der Waals surface area contributed by atoms with E-state index in [4.69, 9.17) is 4.74 Å². The standard InChI is InChI=1S/C26H21F4NO/c1-32-25-13-17(9-10-24(25)27)15-31-16-18-11-19-5-2-3-8-22(19)23(12-18)20-6-4-7-21(14-20)26(28,29)30/h2-14,31H,15-16H2,1H3. The van der Waals surface area contributed by atoms with E-state index in [2.05, 4.69) is 5.32 Å². The Morgan fingerprint density at radius 3 is 2.38 bits per heavy atom. The maximum Gasteiger partial charge on any atom is 0.416 e. The van der Waals surface area contributed by atoms with E-state index in [1.807, 2.05) is 36.4 Å². The Labute approximate surface area is 183 Å². The molecule has 2 nitrogen and oxygen atoms in total. The van der Waals surface area contributed by atoms with Crippen molar-refractivity contribution in [1.82, 2.24) is 5.32 Å². The van der Waals surface area contributed by atoms with Crippen LogP contribution in [0.4, 0.5) is 17.6 Å². The molecule has 0 radical (unpaired) electrons. The van der Waals surface area contributed by atoms with Gasteiger partial charge < -0.3 is 10.1 Å². The second-order valence-corrected chi connectivity index (χ2v) is 7.52. The number of halogens is 4. The van der Waals surface area contributed by atoms with Gasteiger partial charge in [-0.3, -0.25) is 0 Å². The van der Waals surface area contributed by atoms with Crippen LogP contribution in [0, 0.1) is 5.82 Å². The molecule has 4 rings (SSSR count). The van der Waals surface area contributed by atoms with E-state index in [0.717, 1.165) is 33.5 Å². The summed E-state index contributed by atoms with van der Waals surface area (Å²) in [5.41, 5.74) is 2.38. The molecule has 0 aromatic heterocycles. The van der Waals surface area contributed by atoms with Gasteiger partial charge in [0.1, 0.15) is 0 Å². The van der Waals surface area contributed by atoms with Crippen LogP contribution in [0.5, 0.6) is 5.75 Å². The summed E-state index contributed by atoms with van der Waals surface area (Å²) in [5.74, 6) is -0.238. The maximum atomic E-state index is 13.6. The van der Waals surface area contributed by atoms with Crippen LogP contribution in [0.2, 0.25) is 0 Å². The molecule has 32 heavy (non-hydrogen) atoms. The summed E-state index contributed by atoms with van der Waals surface area (Å²) < 4.78 is 58.3. The van der Waals surface area contributed by atoms with Crippen LogP contribution in [0.25, 0.3) is 21.9 Å². The number of benzene rings is 4. The van der Waals surface area contributed by atoms with E-state index in [0.29, 0.717) is 18.7 Å². The Balaban J connectivity index is 1.63. The van der Waals surface area contributed by atoms with Crippen LogP contribution in [-0.4, -0.2) is 7.11 Å². The van der Waals surface area contributed by atoms with Crippen molar-refractivity contribution < 1.29 is 22.3 Å². The van der Waals surface area contributed by atoms with Gasteiger partial charge in [-0.2, -0.15) is 13.2 Å². The van der Waals surface area contributed by atoms with Crippen molar-refractivity contribution in [2.45, 2.75) is 19.3 Å². The molecule has 0 saturated carbocycles. The fraction of sp³-hybridized carbons (Fsp3) is 0.154. The largest absolute Gasteiger partial charge is 0.494 e. The van der Waals surface area contributed by atoms with Crippen molar-refractivity contribution in [2.75, 3.05) is 7.11 Å². The number of methoxy groups -OCH3 is 1. The highest BCUT2D eigenvalue weighted by atomic mass is 19.4. The Bertz CT molecular complexity index is 1250. The molecule has 0 aliphatic carbocycles. The van der Waals surface area contributed by atoms with Crippen molar-refractivity contribution in [2.24, 2.45) is 0 Å². The molecular formula is C26H21F4NO. The normalized spacial score (nSPS) is 11.7. The molecule has 6 heteroatoms. The third-order valence-corrected chi connectivity index (χ3v) is 5.30. The molecular weight excluding hydrogens is 418 g/mol. The van der Waals surface area contributed by atoms with Crippen LogP contribution in [0.1, 0.15) is 16.7 Å². The zero-order chi connectivity index (χ0) is 22.7. The van der Waals surface area contributed by atoms with Crippen LogP contribution < -0.4 is 10.1 Å². The van der Waals surface area contributed by atoms with Gasteiger partial charge in [-0.1, -0.05) is 42.5 Å². The summed E-state index contributed by atoms with van der Waals surface area (Å²) in [5, 5.41) is 5.14. The molecule has 0 fully saturated rings. The predicted molar refractivity (Wildman–Crippen MR) is 118 cm³/mol. The average molecular weight is 439 g/mol. The average Bonchev–Trinajstić information content (AvgIpc) is 2.79. The van der Waals surface area contributed by atoms with E-state index in [1.54, 1.807) is 18.2 Å². The van der Waals surface area contributed by atoms with Gasteiger partial charge in [0.05, 0.1) is 12.7 Å². The molecule has 4 aromatic carbocycles. The fourth-order valence-corrected chi connectivity index (χ4v) is 3.74. The summed E-state index contributed by atoms with van der Waals surface area (Å²) in [6.45, 7) is 0.985. The molecule has 0 heterocycles. The summed E-state index contributed by atoms with van der Waals surface area (Å²) in [4.78, 5) is 0. The third kappa shape index (κ3) is 4.75. The second kappa shape index (κ2) is 9.01. The van der Waals surface area contributed by atoms with Gasteiger partial charge in [0.25, 0.3) is 0 Å². The number of hydrogen-bond donors (Lipinski definition) is 1. The first kappa shape index (κ1) is 21.8. The highest BCUT2D eigenvalue weighted by Crippen LogP contribution is 2.35. The summed E-state index contributed by atoms with van der Waals surface area (Å²) in [7, 11) is 1.42. The molecule has 0 saturated heterocycles. The molecule has 0 unspecified atom stereocenters. The Kier molecular flexibility index (Phi) is 6.15. The van der Waals surface area contributed by atoms with Gasteiger partial charge >= 0.3 is 6.18 Å². The first-order valence-corrected chi connectivity index (χ1v) is 10.1. The third-order valence-electron chi connectivity index (χ3n) is 5.30. The lowest BCUT2D eigenvalue weighted by Gasteiger charge is -2.14. The Morgan fingerprint density at radius 1 is 0.812 bits per heavy atom. The van der Waals surface area contributed by atoms with E-state index in [1.165, 1.54) is 25.3 Å². The lowest BCUT2D eigenvalue weighted by atomic mass is 9.94. The van der Waals surface area contributed by atoms with Crippen molar-refractivity contribution in [3.05, 3.63) is 101 Å². The first-order valence-electron chi connectivity index (χ1n) is 10.1. The lowest BCUT2D eigenvalue weighted by Crippen LogP contribution is -2.13. The number of rotatable bonds is 6. The van der Waals surface area contributed by atoms with E-state index in [9.17, 15) is 17.6 Å². The summed E-state index contributed by atoms with van der Waals surface area (Å²) >= 11 is 0. The van der Waals surface area contributed by atoms with Gasteiger partial charge in [0, 0.05) is 13.1 Å². The zero-order valence-corrected chi connectivity index (χ0v) is 17.3.